The Balaban J connectivity index is 1.43. The zero-order valence-electron chi connectivity index (χ0n) is 18.8. The molecule has 0 atom stereocenters. The number of ketones is 1. The SMILES string of the molecule is CCOC(=O)c1cnc(-c2ccc(Cl)cc2)nc1N1CCC2(CC1)CC(=O)c1ccccc1O2. The van der Waals surface area contributed by atoms with Gasteiger partial charge in [-0.15, -0.1) is 0 Å². The molecule has 174 valence electrons. The number of esters is 1. The van der Waals surface area contributed by atoms with Crippen LogP contribution in [-0.4, -0.2) is 47.0 Å². The Labute approximate surface area is 202 Å². The van der Waals surface area contributed by atoms with Crippen LogP contribution < -0.4 is 9.64 Å². The number of aromatic nitrogens is 2. The van der Waals surface area contributed by atoms with Gasteiger partial charge in [-0.3, -0.25) is 4.79 Å². The van der Waals surface area contributed by atoms with Gasteiger partial charge in [-0.2, -0.15) is 0 Å². The molecule has 8 heteroatoms. The first-order valence-electron chi connectivity index (χ1n) is 11.3. The lowest BCUT2D eigenvalue weighted by Gasteiger charge is -2.44. The van der Waals surface area contributed by atoms with Gasteiger partial charge < -0.3 is 14.4 Å². The maximum atomic E-state index is 12.8. The number of rotatable bonds is 4. The number of nitrogens with zero attached hydrogens (tertiary/aromatic N) is 3. The Morgan fingerprint density at radius 1 is 1.15 bits per heavy atom. The standard InChI is InChI=1S/C26H24ClN3O4/c1-2-33-25(32)20-16-28-23(17-7-9-18(27)10-8-17)29-24(20)30-13-11-26(12-14-30)15-21(31)19-5-3-4-6-22(19)34-26/h3-10,16H,2,11-15H2,1H3. The Kier molecular flexibility index (Phi) is 5.96. The summed E-state index contributed by atoms with van der Waals surface area (Å²) in [6, 6.07) is 14.6. The summed E-state index contributed by atoms with van der Waals surface area (Å²) < 4.78 is 11.6. The molecule has 34 heavy (non-hydrogen) atoms. The van der Waals surface area contributed by atoms with Crippen molar-refractivity contribution in [3.05, 3.63) is 70.9 Å². The number of carbonyl (C=O) groups excluding carboxylic acids is 2. The van der Waals surface area contributed by atoms with Crippen molar-refractivity contribution in [3.8, 4) is 17.1 Å². The van der Waals surface area contributed by atoms with Crippen LogP contribution in [0.4, 0.5) is 5.82 Å². The summed E-state index contributed by atoms with van der Waals surface area (Å²) in [5.41, 5.74) is 1.22. The minimum absolute atomic E-state index is 0.106. The summed E-state index contributed by atoms with van der Waals surface area (Å²) in [4.78, 5) is 36.6. The van der Waals surface area contributed by atoms with Crippen molar-refractivity contribution in [1.82, 2.24) is 9.97 Å². The zero-order chi connectivity index (χ0) is 23.7. The van der Waals surface area contributed by atoms with Crippen LogP contribution >= 0.6 is 11.6 Å². The van der Waals surface area contributed by atoms with Gasteiger partial charge in [0.15, 0.2) is 11.6 Å². The number of para-hydroxylation sites is 1. The Bertz CT molecular complexity index is 1240. The minimum Gasteiger partial charge on any atom is -0.486 e. The molecule has 0 saturated carbocycles. The molecule has 0 bridgehead atoms. The van der Waals surface area contributed by atoms with Gasteiger partial charge >= 0.3 is 5.97 Å². The molecule has 1 saturated heterocycles. The van der Waals surface area contributed by atoms with E-state index in [9.17, 15) is 9.59 Å². The lowest BCUT2D eigenvalue weighted by Crippen LogP contribution is -2.51. The van der Waals surface area contributed by atoms with Gasteiger partial charge in [-0.1, -0.05) is 23.7 Å². The number of Topliss-reactive ketones (excluding diaryl/α,β-unsaturated/α-hetero) is 1. The number of hydrogen-bond acceptors (Lipinski definition) is 7. The number of benzene rings is 2. The molecule has 2 aromatic carbocycles. The van der Waals surface area contributed by atoms with Gasteiger partial charge in [-0.25, -0.2) is 14.8 Å². The van der Waals surface area contributed by atoms with Gasteiger partial charge in [-0.05, 0) is 43.3 Å². The number of carbonyl (C=O) groups is 2. The van der Waals surface area contributed by atoms with E-state index >= 15 is 0 Å². The summed E-state index contributed by atoms with van der Waals surface area (Å²) >= 11 is 6.02. The molecule has 3 aromatic rings. The second-order valence-corrected chi connectivity index (χ2v) is 8.96. The molecule has 0 unspecified atom stereocenters. The second kappa shape index (κ2) is 9.06. The van der Waals surface area contributed by atoms with Crippen molar-refractivity contribution in [2.24, 2.45) is 0 Å². The van der Waals surface area contributed by atoms with Gasteiger partial charge in [0.2, 0.25) is 0 Å². The maximum Gasteiger partial charge on any atom is 0.343 e. The quantitative estimate of drug-likeness (QED) is 0.490. The van der Waals surface area contributed by atoms with E-state index in [0.29, 0.717) is 65.9 Å². The number of anilines is 1. The van der Waals surface area contributed by atoms with Gasteiger partial charge in [0.05, 0.1) is 18.6 Å². The van der Waals surface area contributed by atoms with Gasteiger partial charge in [0, 0.05) is 42.7 Å². The molecule has 0 radical (unpaired) electrons. The first-order chi connectivity index (χ1) is 16.5. The van der Waals surface area contributed by atoms with Crippen molar-refractivity contribution in [2.75, 3.05) is 24.6 Å². The summed E-state index contributed by atoms with van der Waals surface area (Å²) in [6.45, 7) is 3.19. The lowest BCUT2D eigenvalue weighted by molar-refractivity contribution is 0.0231. The van der Waals surface area contributed by atoms with E-state index in [0.717, 1.165) is 5.56 Å². The molecule has 1 spiro atoms. The smallest absolute Gasteiger partial charge is 0.343 e. The van der Waals surface area contributed by atoms with Crippen LogP contribution in [0, 0.1) is 0 Å². The highest BCUT2D eigenvalue weighted by Crippen LogP contribution is 2.40. The molecule has 2 aliphatic rings. The number of piperidine rings is 1. The van der Waals surface area contributed by atoms with Crippen LogP contribution in [-0.2, 0) is 4.74 Å². The molecule has 1 fully saturated rings. The fourth-order valence-corrected chi connectivity index (χ4v) is 4.68. The van der Waals surface area contributed by atoms with Crippen molar-refractivity contribution in [1.29, 1.82) is 0 Å². The van der Waals surface area contributed by atoms with Crippen molar-refractivity contribution in [3.63, 3.8) is 0 Å². The fourth-order valence-electron chi connectivity index (χ4n) is 4.55. The molecule has 3 heterocycles. The first kappa shape index (κ1) is 22.3. The molecule has 7 nitrogen and oxygen atoms in total. The predicted molar refractivity (Wildman–Crippen MR) is 129 cm³/mol. The molecular weight excluding hydrogens is 454 g/mol. The normalized spacial score (nSPS) is 16.6. The average Bonchev–Trinajstić information content (AvgIpc) is 2.85. The molecule has 0 amide bonds. The van der Waals surface area contributed by atoms with Crippen LogP contribution in [0.5, 0.6) is 5.75 Å². The lowest BCUT2D eigenvalue weighted by atomic mass is 9.82. The third kappa shape index (κ3) is 4.23. The van der Waals surface area contributed by atoms with Crippen molar-refractivity contribution >= 4 is 29.2 Å². The fraction of sp³-hybridized carbons (Fsp3) is 0.308. The molecule has 5 rings (SSSR count). The Morgan fingerprint density at radius 2 is 1.88 bits per heavy atom. The summed E-state index contributed by atoms with van der Waals surface area (Å²) in [5.74, 6) is 1.31. The predicted octanol–water partition coefficient (Wildman–Crippen LogP) is 4.98. The highest BCUT2D eigenvalue weighted by molar-refractivity contribution is 6.30. The highest BCUT2D eigenvalue weighted by Gasteiger charge is 2.43. The van der Waals surface area contributed by atoms with Crippen molar-refractivity contribution in [2.45, 2.75) is 31.8 Å². The van der Waals surface area contributed by atoms with Crippen molar-refractivity contribution < 1.29 is 19.1 Å². The molecule has 0 N–H and O–H groups in total. The van der Waals surface area contributed by atoms with E-state index < -0.39 is 11.6 Å². The van der Waals surface area contributed by atoms with E-state index in [4.69, 9.17) is 26.1 Å². The number of hydrogen-bond donors (Lipinski definition) is 0. The summed E-state index contributed by atoms with van der Waals surface area (Å²) in [5, 5.41) is 0.622. The summed E-state index contributed by atoms with van der Waals surface area (Å²) in [6.07, 6.45) is 3.14. The Hall–Kier alpha value is -3.45. The average molecular weight is 478 g/mol. The van der Waals surface area contributed by atoms with E-state index in [1.807, 2.05) is 41.3 Å². The van der Waals surface area contributed by atoms with Gasteiger partial charge in [0.1, 0.15) is 22.7 Å². The van der Waals surface area contributed by atoms with Crippen LogP contribution in [0.15, 0.2) is 54.7 Å². The third-order valence-corrected chi connectivity index (χ3v) is 6.59. The number of ether oxygens (including phenoxy) is 2. The zero-order valence-corrected chi connectivity index (χ0v) is 19.5. The van der Waals surface area contributed by atoms with Crippen LogP contribution in [0.25, 0.3) is 11.4 Å². The monoisotopic (exact) mass is 477 g/mol. The second-order valence-electron chi connectivity index (χ2n) is 8.53. The largest absolute Gasteiger partial charge is 0.486 e. The van der Waals surface area contributed by atoms with E-state index in [2.05, 4.69) is 4.98 Å². The molecule has 2 aliphatic heterocycles. The van der Waals surface area contributed by atoms with Gasteiger partial charge in [0.25, 0.3) is 0 Å². The third-order valence-electron chi connectivity index (χ3n) is 6.34. The minimum atomic E-state index is -0.544. The highest BCUT2D eigenvalue weighted by atomic mass is 35.5. The van der Waals surface area contributed by atoms with Crippen LogP contribution in [0.3, 0.4) is 0 Å². The molecule has 0 aliphatic carbocycles. The maximum absolute atomic E-state index is 12.8. The van der Waals surface area contributed by atoms with E-state index in [-0.39, 0.29) is 12.4 Å². The van der Waals surface area contributed by atoms with Crippen LogP contribution in [0.1, 0.15) is 46.9 Å². The molecular formula is C26H24ClN3O4. The topological polar surface area (TPSA) is 81.6 Å². The molecule has 1 aromatic heterocycles. The number of fused-ring (bicyclic) bond motifs is 1. The van der Waals surface area contributed by atoms with E-state index in [1.54, 1.807) is 19.1 Å². The number of halogens is 1. The van der Waals surface area contributed by atoms with E-state index in [1.165, 1.54) is 6.20 Å². The first-order valence-corrected chi connectivity index (χ1v) is 11.7. The summed E-state index contributed by atoms with van der Waals surface area (Å²) in [7, 11) is 0. The van der Waals surface area contributed by atoms with Crippen LogP contribution in [0.2, 0.25) is 5.02 Å². The Morgan fingerprint density at radius 3 is 2.62 bits per heavy atom.